The van der Waals surface area contributed by atoms with Crippen molar-refractivity contribution in [2.45, 2.75) is 12.8 Å². The largest absolute Gasteiger partial charge is 0.354 e. The smallest absolute Gasteiger partial charge is 0.243 e. The van der Waals surface area contributed by atoms with Crippen molar-refractivity contribution in [2.24, 2.45) is 5.84 Å². The quantitative estimate of drug-likeness (QED) is 0.357. The van der Waals surface area contributed by atoms with Crippen molar-refractivity contribution >= 4 is 11.9 Å². The molecule has 0 aliphatic rings. The van der Waals surface area contributed by atoms with Gasteiger partial charge in [-0.3, -0.25) is 9.99 Å². The number of hydrazine groups is 1. The van der Waals surface area contributed by atoms with Crippen LogP contribution in [0.5, 0.6) is 0 Å². The molecule has 2 heterocycles. The summed E-state index contributed by atoms with van der Waals surface area (Å²) in [5.74, 6) is 6.66. The van der Waals surface area contributed by atoms with Crippen molar-refractivity contribution < 1.29 is 0 Å². The SMILES string of the molecule is CN(C)CCCCNc1nc(NN)nc(-n2ccnc2)n1. The van der Waals surface area contributed by atoms with Crippen LogP contribution >= 0.6 is 0 Å². The summed E-state index contributed by atoms with van der Waals surface area (Å²) in [6, 6.07) is 0. The molecule has 9 nitrogen and oxygen atoms in total. The molecule has 4 N–H and O–H groups in total. The predicted octanol–water partition coefficient (Wildman–Crippen LogP) is 0.0966. The van der Waals surface area contributed by atoms with Gasteiger partial charge in [0.25, 0.3) is 0 Å². The third kappa shape index (κ3) is 4.65. The van der Waals surface area contributed by atoms with Gasteiger partial charge in [-0.2, -0.15) is 15.0 Å². The molecule has 2 rings (SSSR count). The van der Waals surface area contributed by atoms with Gasteiger partial charge >= 0.3 is 0 Å². The van der Waals surface area contributed by atoms with Gasteiger partial charge in [0, 0.05) is 18.9 Å². The molecule has 0 amide bonds. The molecule has 0 radical (unpaired) electrons. The average molecular weight is 291 g/mol. The number of rotatable bonds is 8. The van der Waals surface area contributed by atoms with Crippen molar-refractivity contribution in [3.8, 4) is 5.95 Å². The molecule has 0 saturated heterocycles. The Kier molecular flexibility index (Phi) is 5.41. The number of nitrogens with two attached hydrogens (primary N) is 1. The van der Waals surface area contributed by atoms with E-state index in [1.165, 1.54) is 0 Å². The lowest BCUT2D eigenvalue weighted by Crippen LogP contribution is -2.17. The van der Waals surface area contributed by atoms with Crippen molar-refractivity contribution in [2.75, 3.05) is 37.9 Å². The number of unbranched alkanes of at least 4 members (excludes halogenated alkanes) is 1. The Hall–Kier alpha value is -2.26. The van der Waals surface area contributed by atoms with E-state index in [4.69, 9.17) is 5.84 Å². The van der Waals surface area contributed by atoms with Crippen LogP contribution in [-0.2, 0) is 0 Å². The van der Waals surface area contributed by atoms with Crippen LogP contribution in [0.1, 0.15) is 12.8 Å². The Bertz CT molecular complexity index is 538. The molecule has 2 aromatic rings. The van der Waals surface area contributed by atoms with Crippen LogP contribution in [-0.4, -0.2) is 56.6 Å². The van der Waals surface area contributed by atoms with Gasteiger partial charge in [0.05, 0.1) is 0 Å². The number of aromatic nitrogens is 5. The summed E-state index contributed by atoms with van der Waals surface area (Å²) in [4.78, 5) is 18.8. The molecule has 0 spiro atoms. The first-order valence-electron chi connectivity index (χ1n) is 6.78. The summed E-state index contributed by atoms with van der Waals surface area (Å²) in [5, 5.41) is 3.19. The highest BCUT2D eigenvalue weighted by Crippen LogP contribution is 2.08. The van der Waals surface area contributed by atoms with Gasteiger partial charge < -0.3 is 10.2 Å². The molecular formula is C12H21N9. The van der Waals surface area contributed by atoms with Gasteiger partial charge in [-0.1, -0.05) is 0 Å². The zero-order valence-corrected chi connectivity index (χ0v) is 12.3. The minimum atomic E-state index is 0.310. The van der Waals surface area contributed by atoms with Gasteiger partial charge in [-0.05, 0) is 33.5 Å². The van der Waals surface area contributed by atoms with Gasteiger partial charge in [0.15, 0.2) is 0 Å². The van der Waals surface area contributed by atoms with Crippen molar-refractivity contribution in [1.29, 1.82) is 0 Å². The first-order chi connectivity index (χ1) is 10.2. The maximum absolute atomic E-state index is 5.39. The molecule has 2 aromatic heterocycles. The van der Waals surface area contributed by atoms with E-state index < -0.39 is 0 Å². The van der Waals surface area contributed by atoms with E-state index in [2.05, 4.69) is 49.7 Å². The fourth-order valence-electron chi connectivity index (χ4n) is 1.75. The lowest BCUT2D eigenvalue weighted by Gasteiger charge is -2.10. The van der Waals surface area contributed by atoms with Crippen LogP contribution in [0, 0.1) is 0 Å². The minimum absolute atomic E-state index is 0.310. The number of anilines is 2. The van der Waals surface area contributed by atoms with E-state index >= 15 is 0 Å². The van der Waals surface area contributed by atoms with Crippen LogP contribution in [0.4, 0.5) is 11.9 Å². The van der Waals surface area contributed by atoms with Crippen LogP contribution in [0.3, 0.4) is 0 Å². The third-order valence-electron chi connectivity index (χ3n) is 2.80. The maximum Gasteiger partial charge on any atom is 0.243 e. The van der Waals surface area contributed by atoms with E-state index in [0.29, 0.717) is 17.8 Å². The normalized spacial score (nSPS) is 10.9. The Morgan fingerprint density at radius 2 is 2.00 bits per heavy atom. The fraction of sp³-hybridized carbons (Fsp3) is 0.500. The third-order valence-corrected chi connectivity index (χ3v) is 2.80. The second kappa shape index (κ2) is 7.50. The molecule has 9 heteroatoms. The van der Waals surface area contributed by atoms with Crippen LogP contribution in [0.15, 0.2) is 18.7 Å². The van der Waals surface area contributed by atoms with Crippen LogP contribution in [0.2, 0.25) is 0 Å². The van der Waals surface area contributed by atoms with Gasteiger partial charge in [0.2, 0.25) is 17.8 Å². The standard InChI is InChI=1S/C12H21N9/c1-20(2)7-4-3-5-15-10-16-11(19-13)18-12(17-10)21-8-6-14-9-21/h6,8-9H,3-5,7,13H2,1-2H3,(H2,15,16,17,18,19). The summed E-state index contributed by atoms with van der Waals surface area (Å²) in [6.07, 6.45) is 7.19. The molecule has 0 fully saturated rings. The summed E-state index contributed by atoms with van der Waals surface area (Å²) in [7, 11) is 4.13. The number of hydrogen-bond acceptors (Lipinski definition) is 8. The number of nitrogen functional groups attached to an aromatic ring is 1. The van der Waals surface area contributed by atoms with Crippen molar-refractivity contribution in [1.82, 2.24) is 29.4 Å². The van der Waals surface area contributed by atoms with Gasteiger partial charge in [0.1, 0.15) is 6.33 Å². The number of imidazole rings is 1. The van der Waals surface area contributed by atoms with E-state index in [0.717, 1.165) is 25.9 Å². The summed E-state index contributed by atoms with van der Waals surface area (Å²) in [6.45, 7) is 1.86. The number of hydrogen-bond donors (Lipinski definition) is 3. The number of nitrogens with zero attached hydrogens (tertiary/aromatic N) is 6. The Balaban J connectivity index is 1.97. The number of nitrogens with one attached hydrogen (secondary N) is 2. The highest BCUT2D eigenvalue weighted by atomic mass is 15.4. The zero-order valence-electron chi connectivity index (χ0n) is 12.3. The van der Waals surface area contributed by atoms with E-state index in [9.17, 15) is 0 Å². The van der Waals surface area contributed by atoms with Crippen molar-refractivity contribution in [3.63, 3.8) is 0 Å². The summed E-state index contributed by atoms with van der Waals surface area (Å²) >= 11 is 0. The monoisotopic (exact) mass is 291 g/mol. The second-order valence-corrected chi connectivity index (χ2v) is 4.83. The summed E-state index contributed by atoms with van der Waals surface area (Å²) < 4.78 is 1.69. The highest BCUT2D eigenvalue weighted by Gasteiger charge is 2.06. The summed E-state index contributed by atoms with van der Waals surface area (Å²) in [5.41, 5.74) is 2.44. The molecule has 0 aliphatic carbocycles. The minimum Gasteiger partial charge on any atom is -0.354 e. The molecule has 21 heavy (non-hydrogen) atoms. The first kappa shape index (κ1) is 15.1. The van der Waals surface area contributed by atoms with Gasteiger partial charge in [-0.25, -0.2) is 10.8 Å². The average Bonchev–Trinajstić information content (AvgIpc) is 3.00. The highest BCUT2D eigenvalue weighted by molar-refractivity contribution is 5.37. The Morgan fingerprint density at radius 3 is 2.67 bits per heavy atom. The van der Waals surface area contributed by atoms with Crippen LogP contribution in [0.25, 0.3) is 5.95 Å². The Labute approximate surface area is 123 Å². The molecule has 0 aromatic carbocycles. The zero-order chi connectivity index (χ0) is 15.1. The Morgan fingerprint density at radius 1 is 1.19 bits per heavy atom. The van der Waals surface area contributed by atoms with E-state index in [1.54, 1.807) is 23.3 Å². The predicted molar refractivity (Wildman–Crippen MR) is 81.0 cm³/mol. The first-order valence-corrected chi connectivity index (χ1v) is 6.78. The van der Waals surface area contributed by atoms with E-state index in [-0.39, 0.29) is 0 Å². The fourth-order valence-corrected chi connectivity index (χ4v) is 1.75. The molecule has 0 aliphatic heterocycles. The molecule has 114 valence electrons. The molecule has 0 atom stereocenters. The molecule has 0 bridgehead atoms. The van der Waals surface area contributed by atoms with Crippen molar-refractivity contribution in [3.05, 3.63) is 18.7 Å². The topological polar surface area (TPSA) is 110 Å². The van der Waals surface area contributed by atoms with Crippen LogP contribution < -0.4 is 16.6 Å². The lowest BCUT2D eigenvalue weighted by atomic mass is 10.3. The molecular weight excluding hydrogens is 270 g/mol. The van der Waals surface area contributed by atoms with Gasteiger partial charge in [-0.15, -0.1) is 0 Å². The maximum atomic E-state index is 5.39. The lowest BCUT2D eigenvalue weighted by molar-refractivity contribution is 0.396. The van der Waals surface area contributed by atoms with E-state index in [1.807, 2.05) is 0 Å². The second-order valence-electron chi connectivity index (χ2n) is 4.83. The molecule has 0 saturated carbocycles. The molecule has 0 unspecified atom stereocenters.